The molecule has 33 heavy (non-hydrogen) atoms. The monoisotopic (exact) mass is 442 g/mol. The summed E-state index contributed by atoms with van der Waals surface area (Å²) in [5.41, 5.74) is 6.42. The molecule has 4 nitrogen and oxygen atoms in total. The van der Waals surface area contributed by atoms with Crippen LogP contribution in [0.2, 0.25) is 0 Å². The van der Waals surface area contributed by atoms with E-state index in [2.05, 4.69) is 17.4 Å². The minimum absolute atomic E-state index is 0.0449. The second-order valence-electron chi connectivity index (χ2n) is 8.71. The molecule has 0 aliphatic heterocycles. The average Bonchev–Trinajstić information content (AvgIpc) is 2.80. The molecule has 3 aromatic carbocycles. The Kier molecular flexibility index (Phi) is 8.42. The van der Waals surface area contributed by atoms with Gasteiger partial charge in [0.2, 0.25) is 11.8 Å². The third kappa shape index (κ3) is 6.79. The molecular formula is C29H34N2O2. The molecule has 1 N–H and O–H groups in total. The minimum Gasteiger partial charge on any atom is -0.355 e. The second-order valence-corrected chi connectivity index (χ2v) is 8.71. The maximum atomic E-state index is 13.7. The van der Waals surface area contributed by atoms with Crippen molar-refractivity contribution in [3.63, 3.8) is 0 Å². The molecule has 172 valence electrons. The molecule has 3 rings (SSSR count). The smallest absolute Gasteiger partial charge is 0.243 e. The van der Waals surface area contributed by atoms with Gasteiger partial charge in [-0.15, -0.1) is 0 Å². The van der Waals surface area contributed by atoms with Gasteiger partial charge in [0, 0.05) is 19.5 Å². The van der Waals surface area contributed by atoms with Crippen molar-refractivity contribution in [2.45, 2.75) is 53.1 Å². The predicted octanol–water partition coefficient (Wildman–Crippen LogP) is 4.93. The normalized spacial score (nSPS) is 11.6. The number of hydrogen-bond acceptors (Lipinski definition) is 2. The molecule has 0 saturated heterocycles. The number of carbonyl (C=O) groups excluding carboxylic acids is 2. The molecule has 0 spiro atoms. The molecule has 1 atom stereocenters. The van der Waals surface area contributed by atoms with E-state index in [9.17, 15) is 9.59 Å². The van der Waals surface area contributed by atoms with Gasteiger partial charge in [-0.1, -0.05) is 83.9 Å². The topological polar surface area (TPSA) is 49.4 Å². The number of rotatable bonds is 9. The van der Waals surface area contributed by atoms with Crippen molar-refractivity contribution in [2.24, 2.45) is 0 Å². The summed E-state index contributed by atoms with van der Waals surface area (Å²) in [6.07, 6.45) is 0.737. The van der Waals surface area contributed by atoms with Crippen LogP contribution in [0.25, 0.3) is 0 Å². The van der Waals surface area contributed by atoms with Gasteiger partial charge in [-0.05, 0) is 49.9 Å². The standard InChI is InChI=1S/C29H34N2O2/c1-5-30-29(33)27(18-24-9-7-6-8-10-24)31(20-25-15-12-21(2)13-16-25)28(32)19-26-17-22(3)11-14-23(26)4/h6-17,27H,5,18-20H2,1-4H3,(H,30,33). The molecule has 0 aromatic heterocycles. The van der Waals surface area contributed by atoms with E-state index in [0.29, 0.717) is 19.5 Å². The number of likely N-dealkylation sites (N-methyl/N-ethyl adjacent to an activating group) is 1. The van der Waals surface area contributed by atoms with Gasteiger partial charge >= 0.3 is 0 Å². The van der Waals surface area contributed by atoms with Gasteiger partial charge < -0.3 is 10.2 Å². The summed E-state index contributed by atoms with van der Waals surface area (Å²) in [5, 5.41) is 2.95. The first-order valence-electron chi connectivity index (χ1n) is 11.6. The van der Waals surface area contributed by atoms with Crippen molar-refractivity contribution in [1.29, 1.82) is 0 Å². The highest BCUT2D eigenvalue weighted by molar-refractivity contribution is 5.89. The fourth-order valence-electron chi connectivity index (χ4n) is 3.99. The molecular weight excluding hydrogens is 408 g/mol. The van der Waals surface area contributed by atoms with Crippen LogP contribution in [-0.4, -0.2) is 29.3 Å². The van der Waals surface area contributed by atoms with E-state index in [-0.39, 0.29) is 18.2 Å². The zero-order valence-corrected chi connectivity index (χ0v) is 20.1. The summed E-state index contributed by atoms with van der Waals surface area (Å²) in [7, 11) is 0. The first kappa shape index (κ1) is 24.2. The Labute approximate surface area is 197 Å². The van der Waals surface area contributed by atoms with Crippen molar-refractivity contribution < 1.29 is 9.59 Å². The summed E-state index contributed by atoms with van der Waals surface area (Å²) in [6, 6.07) is 23.6. The zero-order chi connectivity index (χ0) is 23.8. The Morgan fingerprint density at radius 2 is 1.52 bits per heavy atom. The van der Waals surface area contributed by atoms with Crippen LogP contribution < -0.4 is 5.32 Å². The molecule has 0 radical (unpaired) electrons. The van der Waals surface area contributed by atoms with Crippen molar-refractivity contribution in [1.82, 2.24) is 10.2 Å². The number of benzene rings is 3. The lowest BCUT2D eigenvalue weighted by Crippen LogP contribution is -2.51. The Morgan fingerprint density at radius 3 is 2.18 bits per heavy atom. The number of carbonyl (C=O) groups is 2. The quantitative estimate of drug-likeness (QED) is 0.511. The summed E-state index contributed by atoms with van der Waals surface area (Å²) in [4.78, 5) is 28.7. The first-order valence-corrected chi connectivity index (χ1v) is 11.6. The minimum atomic E-state index is -0.591. The lowest BCUT2D eigenvalue weighted by molar-refractivity contribution is -0.140. The van der Waals surface area contributed by atoms with Gasteiger partial charge in [0.25, 0.3) is 0 Å². The first-order chi connectivity index (χ1) is 15.9. The van der Waals surface area contributed by atoms with E-state index in [1.165, 1.54) is 0 Å². The molecule has 0 heterocycles. The van der Waals surface area contributed by atoms with E-state index in [0.717, 1.165) is 33.4 Å². The molecule has 1 unspecified atom stereocenters. The lowest BCUT2D eigenvalue weighted by Gasteiger charge is -2.32. The summed E-state index contributed by atoms with van der Waals surface area (Å²) in [6.45, 7) is 8.91. The van der Waals surface area contributed by atoms with Crippen LogP contribution in [-0.2, 0) is 29.0 Å². The average molecular weight is 443 g/mol. The van der Waals surface area contributed by atoms with Gasteiger partial charge in [-0.2, -0.15) is 0 Å². The lowest BCUT2D eigenvalue weighted by atomic mass is 9.99. The highest BCUT2D eigenvalue weighted by atomic mass is 16.2. The van der Waals surface area contributed by atoms with Crippen molar-refractivity contribution in [2.75, 3.05) is 6.54 Å². The number of aryl methyl sites for hydroxylation is 3. The van der Waals surface area contributed by atoms with Gasteiger partial charge in [0.05, 0.1) is 6.42 Å². The van der Waals surface area contributed by atoms with E-state index in [4.69, 9.17) is 0 Å². The Hall–Kier alpha value is -3.40. The Balaban J connectivity index is 1.97. The molecule has 2 amide bonds. The van der Waals surface area contributed by atoms with Crippen molar-refractivity contribution in [3.05, 3.63) is 106 Å². The highest BCUT2D eigenvalue weighted by Crippen LogP contribution is 2.19. The Morgan fingerprint density at radius 1 is 0.848 bits per heavy atom. The van der Waals surface area contributed by atoms with Gasteiger partial charge in [0.15, 0.2) is 0 Å². The van der Waals surface area contributed by atoms with E-state index in [1.54, 1.807) is 4.90 Å². The van der Waals surface area contributed by atoms with Crippen LogP contribution in [0.3, 0.4) is 0 Å². The zero-order valence-electron chi connectivity index (χ0n) is 20.1. The summed E-state index contributed by atoms with van der Waals surface area (Å²) >= 11 is 0. The maximum Gasteiger partial charge on any atom is 0.243 e. The van der Waals surface area contributed by atoms with Crippen LogP contribution in [0.4, 0.5) is 0 Å². The Bertz CT molecular complexity index is 1070. The molecule has 3 aromatic rings. The number of nitrogens with one attached hydrogen (secondary N) is 1. The molecule has 0 aliphatic carbocycles. The number of nitrogens with zero attached hydrogens (tertiary/aromatic N) is 1. The van der Waals surface area contributed by atoms with Gasteiger partial charge in [-0.3, -0.25) is 9.59 Å². The third-order valence-corrected chi connectivity index (χ3v) is 5.94. The second kappa shape index (κ2) is 11.5. The molecule has 4 heteroatoms. The van der Waals surface area contributed by atoms with Crippen molar-refractivity contribution in [3.8, 4) is 0 Å². The molecule has 0 fully saturated rings. The molecule has 0 saturated carbocycles. The third-order valence-electron chi connectivity index (χ3n) is 5.94. The van der Waals surface area contributed by atoms with Crippen LogP contribution in [0.1, 0.15) is 40.3 Å². The van der Waals surface area contributed by atoms with Gasteiger partial charge in [-0.25, -0.2) is 0 Å². The van der Waals surface area contributed by atoms with E-state index < -0.39 is 6.04 Å². The van der Waals surface area contributed by atoms with E-state index >= 15 is 0 Å². The fourth-order valence-corrected chi connectivity index (χ4v) is 3.99. The van der Waals surface area contributed by atoms with Crippen LogP contribution in [0.5, 0.6) is 0 Å². The molecule has 0 bridgehead atoms. The fraction of sp³-hybridized carbons (Fsp3) is 0.310. The van der Waals surface area contributed by atoms with Crippen LogP contribution >= 0.6 is 0 Å². The van der Waals surface area contributed by atoms with Crippen molar-refractivity contribution >= 4 is 11.8 Å². The predicted molar refractivity (Wildman–Crippen MR) is 134 cm³/mol. The summed E-state index contributed by atoms with van der Waals surface area (Å²) in [5.74, 6) is -0.167. The number of amides is 2. The van der Waals surface area contributed by atoms with Crippen LogP contribution in [0.15, 0.2) is 72.8 Å². The van der Waals surface area contributed by atoms with Crippen LogP contribution in [0, 0.1) is 20.8 Å². The molecule has 0 aliphatic rings. The maximum absolute atomic E-state index is 13.7. The van der Waals surface area contributed by atoms with E-state index in [1.807, 2.05) is 88.4 Å². The number of hydrogen-bond donors (Lipinski definition) is 1. The summed E-state index contributed by atoms with van der Waals surface area (Å²) < 4.78 is 0. The largest absolute Gasteiger partial charge is 0.355 e. The van der Waals surface area contributed by atoms with Gasteiger partial charge in [0.1, 0.15) is 6.04 Å². The highest BCUT2D eigenvalue weighted by Gasteiger charge is 2.30. The SMILES string of the molecule is CCNC(=O)C(Cc1ccccc1)N(Cc1ccc(C)cc1)C(=O)Cc1cc(C)ccc1C.